The van der Waals surface area contributed by atoms with Crippen LogP contribution in [0.4, 0.5) is 0 Å². The maximum absolute atomic E-state index is 5.97. The molecule has 18 heavy (non-hydrogen) atoms. The minimum absolute atomic E-state index is 0.0180. The van der Waals surface area contributed by atoms with Gasteiger partial charge in [-0.25, -0.2) is 0 Å². The minimum atomic E-state index is 0.0180. The summed E-state index contributed by atoms with van der Waals surface area (Å²) < 4.78 is 5.97. The average Bonchev–Trinajstić information content (AvgIpc) is 2.45. The second-order valence-corrected chi connectivity index (χ2v) is 5.86. The number of hydrogen-bond donors (Lipinski definition) is 1. The molecular formula is C16H33NO. The van der Waals surface area contributed by atoms with E-state index in [1.54, 1.807) is 0 Å². The number of hydrogen-bond acceptors (Lipinski definition) is 2. The summed E-state index contributed by atoms with van der Waals surface area (Å²) in [5, 5.41) is 3.60. The highest BCUT2D eigenvalue weighted by Gasteiger charge is 2.42. The summed E-state index contributed by atoms with van der Waals surface area (Å²) in [5.74, 6) is 1.66. The van der Waals surface area contributed by atoms with Crippen molar-refractivity contribution in [1.29, 1.82) is 0 Å². The lowest BCUT2D eigenvalue weighted by atomic mass is 9.68. The Labute approximate surface area is 114 Å². The summed E-state index contributed by atoms with van der Waals surface area (Å²) >= 11 is 0. The highest BCUT2D eigenvalue weighted by molar-refractivity contribution is 4.97. The molecule has 1 saturated carbocycles. The highest BCUT2D eigenvalue weighted by atomic mass is 16.5. The van der Waals surface area contributed by atoms with Crippen molar-refractivity contribution < 1.29 is 4.74 Å². The Morgan fingerprint density at radius 2 is 1.78 bits per heavy atom. The zero-order valence-electron chi connectivity index (χ0n) is 13.1. The first-order valence-electron chi connectivity index (χ1n) is 7.91. The van der Waals surface area contributed by atoms with E-state index >= 15 is 0 Å². The van der Waals surface area contributed by atoms with Gasteiger partial charge in [0.1, 0.15) is 0 Å². The first-order valence-corrected chi connectivity index (χ1v) is 7.91. The topological polar surface area (TPSA) is 21.3 Å². The third-order valence-electron chi connectivity index (χ3n) is 5.40. The predicted octanol–water partition coefficient (Wildman–Crippen LogP) is 4.00. The predicted molar refractivity (Wildman–Crippen MR) is 78.9 cm³/mol. The zero-order chi connectivity index (χ0) is 13.6. The molecule has 1 fully saturated rings. The van der Waals surface area contributed by atoms with Gasteiger partial charge in [0.05, 0.1) is 5.60 Å². The van der Waals surface area contributed by atoms with Gasteiger partial charge in [-0.3, -0.25) is 0 Å². The van der Waals surface area contributed by atoms with Crippen LogP contribution in [-0.2, 0) is 4.74 Å². The van der Waals surface area contributed by atoms with Crippen LogP contribution < -0.4 is 5.32 Å². The molecule has 1 aliphatic rings. The van der Waals surface area contributed by atoms with Gasteiger partial charge in [-0.15, -0.1) is 0 Å². The van der Waals surface area contributed by atoms with Gasteiger partial charge in [-0.05, 0) is 38.1 Å². The van der Waals surface area contributed by atoms with Crippen molar-refractivity contribution in [1.82, 2.24) is 5.32 Å². The third-order valence-corrected chi connectivity index (χ3v) is 5.40. The molecule has 0 spiro atoms. The number of methoxy groups -OCH3 is 1. The fourth-order valence-corrected chi connectivity index (χ4v) is 4.15. The third kappa shape index (κ3) is 3.08. The highest BCUT2D eigenvalue weighted by Crippen LogP contribution is 2.40. The first kappa shape index (κ1) is 16.0. The second kappa shape index (κ2) is 7.49. The van der Waals surface area contributed by atoms with Crippen LogP contribution in [0.5, 0.6) is 0 Å². The maximum Gasteiger partial charge on any atom is 0.0828 e. The molecule has 0 amide bonds. The molecule has 0 bridgehead atoms. The summed E-state index contributed by atoms with van der Waals surface area (Å²) in [7, 11) is 4.01. The monoisotopic (exact) mass is 255 g/mol. The van der Waals surface area contributed by atoms with Gasteiger partial charge in [0.25, 0.3) is 0 Å². The molecular weight excluding hydrogens is 222 g/mol. The van der Waals surface area contributed by atoms with Crippen LogP contribution in [0.3, 0.4) is 0 Å². The Kier molecular flexibility index (Phi) is 6.65. The van der Waals surface area contributed by atoms with Gasteiger partial charge in [-0.1, -0.05) is 46.5 Å². The van der Waals surface area contributed by atoms with Gasteiger partial charge < -0.3 is 10.1 Å². The number of nitrogens with one attached hydrogen (secondary N) is 1. The van der Waals surface area contributed by atoms with Crippen LogP contribution in [0, 0.1) is 11.8 Å². The molecule has 0 aromatic heterocycles. The van der Waals surface area contributed by atoms with Crippen LogP contribution >= 0.6 is 0 Å². The Hall–Kier alpha value is -0.0800. The lowest BCUT2D eigenvalue weighted by molar-refractivity contribution is -0.0734. The molecule has 3 unspecified atom stereocenters. The molecule has 0 aliphatic heterocycles. The van der Waals surface area contributed by atoms with Crippen LogP contribution in [0.1, 0.15) is 65.7 Å². The normalized spacial score (nSPS) is 27.2. The van der Waals surface area contributed by atoms with Crippen molar-refractivity contribution in [2.45, 2.75) is 77.4 Å². The van der Waals surface area contributed by atoms with Gasteiger partial charge in [0.2, 0.25) is 0 Å². The lowest BCUT2D eigenvalue weighted by Gasteiger charge is -2.46. The average molecular weight is 255 g/mol. The van der Waals surface area contributed by atoms with Crippen molar-refractivity contribution in [3.05, 3.63) is 0 Å². The summed E-state index contributed by atoms with van der Waals surface area (Å²) in [6.07, 6.45) is 9.10. The zero-order valence-corrected chi connectivity index (χ0v) is 13.1. The fraction of sp³-hybridized carbons (Fsp3) is 1.00. The van der Waals surface area contributed by atoms with Crippen molar-refractivity contribution >= 4 is 0 Å². The molecule has 108 valence electrons. The van der Waals surface area contributed by atoms with Crippen LogP contribution in [0.15, 0.2) is 0 Å². The Balaban J connectivity index is 2.91. The van der Waals surface area contributed by atoms with Gasteiger partial charge in [0.15, 0.2) is 0 Å². The van der Waals surface area contributed by atoms with E-state index in [0.29, 0.717) is 6.04 Å². The van der Waals surface area contributed by atoms with Crippen molar-refractivity contribution in [2.75, 3.05) is 14.2 Å². The van der Waals surface area contributed by atoms with Crippen molar-refractivity contribution in [2.24, 2.45) is 11.8 Å². The molecule has 0 saturated heterocycles. The van der Waals surface area contributed by atoms with Gasteiger partial charge in [-0.2, -0.15) is 0 Å². The molecule has 0 aromatic carbocycles. The summed E-state index contributed by atoms with van der Waals surface area (Å²) in [4.78, 5) is 0. The Morgan fingerprint density at radius 3 is 2.22 bits per heavy atom. The standard InChI is InChI=1S/C16H33NO/c1-6-13-11-9-10-12-14(13)15(17-4)16(7-2,8-3)18-5/h13-15,17H,6-12H2,1-5H3. The van der Waals surface area contributed by atoms with E-state index in [-0.39, 0.29) is 5.60 Å². The van der Waals surface area contributed by atoms with Crippen LogP contribution in [0.2, 0.25) is 0 Å². The SMILES string of the molecule is CCC1CCCCC1C(NC)C(CC)(CC)OC. The minimum Gasteiger partial charge on any atom is -0.377 e. The molecule has 0 heterocycles. The van der Waals surface area contributed by atoms with E-state index in [9.17, 15) is 0 Å². The summed E-state index contributed by atoms with van der Waals surface area (Å²) in [6, 6.07) is 0.503. The van der Waals surface area contributed by atoms with Crippen LogP contribution in [-0.4, -0.2) is 25.8 Å². The Morgan fingerprint density at radius 1 is 1.17 bits per heavy atom. The summed E-state index contributed by atoms with van der Waals surface area (Å²) in [5.41, 5.74) is 0.0180. The number of likely N-dealkylation sites (N-methyl/N-ethyl adjacent to an activating group) is 1. The fourth-order valence-electron chi connectivity index (χ4n) is 4.15. The quantitative estimate of drug-likeness (QED) is 0.742. The second-order valence-electron chi connectivity index (χ2n) is 5.86. The first-order chi connectivity index (χ1) is 8.68. The molecule has 1 N–H and O–H groups in total. The van der Waals surface area contributed by atoms with E-state index in [1.807, 2.05) is 7.11 Å². The van der Waals surface area contributed by atoms with E-state index in [0.717, 1.165) is 24.7 Å². The van der Waals surface area contributed by atoms with E-state index < -0.39 is 0 Å². The van der Waals surface area contributed by atoms with Crippen LogP contribution in [0.25, 0.3) is 0 Å². The number of ether oxygens (including phenoxy) is 1. The molecule has 3 atom stereocenters. The molecule has 2 heteroatoms. The molecule has 0 aromatic rings. The van der Waals surface area contributed by atoms with Gasteiger partial charge in [0, 0.05) is 13.2 Å². The Bertz CT molecular complexity index is 217. The van der Waals surface area contributed by atoms with Crippen molar-refractivity contribution in [3.63, 3.8) is 0 Å². The molecule has 2 nitrogen and oxygen atoms in total. The smallest absolute Gasteiger partial charge is 0.0828 e. The molecule has 0 radical (unpaired) electrons. The number of rotatable bonds is 7. The molecule has 1 aliphatic carbocycles. The van der Waals surface area contributed by atoms with E-state index in [2.05, 4.69) is 33.1 Å². The lowest BCUT2D eigenvalue weighted by Crippen LogP contribution is -2.56. The largest absolute Gasteiger partial charge is 0.377 e. The maximum atomic E-state index is 5.97. The van der Waals surface area contributed by atoms with Crippen molar-refractivity contribution in [3.8, 4) is 0 Å². The molecule has 1 rings (SSSR count). The van der Waals surface area contributed by atoms with E-state index in [1.165, 1.54) is 32.1 Å². The van der Waals surface area contributed by atoms with Gasteiger partial charge >= 0.3 is 0 Å². The van der Waals surface area contributed by atoms with E-state index in [4.69, 9.17) is 4.74 Å². The summed E-state index contributed by atoms with van der Waals surface area (Å²) in [6.45, 7) is 6.88.